The van der Waals surface area contributed by atoms with E-state index in [1.54, 1.807) is 33.8 Å². The first-order valence-corrected chi connectivity index (χ1v) is 8.99. The Labute approximate surface area is 155 Å². The smallest absolute Gasteiger partial charge is 0.345 e. The Bertz CT molecular complexity index is 764. The second kappa shape index (κ2) is 8.18. The van der Waals surface area contributed by atoms with E-state index >= 15 is 0 Å². The molecule has 7 nitrogen and oxygen atoms in total. The van der Waals surface area contributed by atoms with Gasteiger partial charge in [-0.2, -0.15) is 0 Å². The van der Waals surface area contributed by atoms with E-state index in [9.17, 15) is 19.5 Å². The van der Waals surface area contributed by atoms with Crippen LogP contribution in [-0.2, 0) is 19.1 Å². The third-order valence-electron chi connectivity index (χ3n) is 3.87. The summed E-state index contributed by atoms with van der Waals surface area (Å²) >= 11 is 1.02. The Kier molecular flexibility index (Phi) is 6.20. The van der Waals surface area contributed by atoms with Gasteiger partial charge in [-0.15, -0.1) is 11.3 Å². The fourth-order valence-corrected chi connectivity index (χ4v) is 3.83. The van der Waals surface area contributed by atoms with Crippen LogP contribution >= 0.6 is 11.3 Å². The summed E-state index contributed by atoms with van der Waals surface area (Å²) in [5.41, 5.74) is 1.67. The van der Waals surface area contributed by atoms with Crippen molar-refractivity contribution >= 4 is 29.2 Å². The molecule has 0 unspecified atom stereocenters. The SMILES string of the molecule is CCOC(=O)C1=C(C)NC(C)=C(C(=O)OCC)C1c1ccc(C(=O)O)s1. The highest BCUT2D eigenvalue weighted by Gasteiger charge is 2.38. The Morgan fingerprint density at radius 1 is 1.04 bits per heavy atom. The molecule has 0 bridgehead atoms. The molecule has 0 radical (unpaired) electrons. The molecule has 0 saturated heterocycles. The van der Waals surface area contributed by atoms with Crippen LogP contribution in [0.5, 0.6) is 0 Å². The monoisotopic (exact) mass is 379 g/mol. The number of carbonyl (C=O) groups excluding carboxylic acids is 2. The Morgan fingerprint density at radius 3 is 1.92 bits per heavy atom. The molecule has 1 aromatic rings. The van der Waals surface area contributed by atoms with Crippen molar-refractivity contribution in [3.63, 3.8) is 0 Å². The number of carboxylic acids is 1. The summed E-state index contributed by atoms with van der Waals surface area (Å²) in [7, 11) is 0. The van der Waals surface area contributed by atoms with Gasteiger partial charge in [0.25, 0.3) is 0 Å². The first kappa shape index (κ1) is 19.7. The van der Waals surface area contributed by atoms with Gasteiger partial charge in [0.15, 0.2) is 0 Å². The van der Waals surface area contributed by atoms with Gasteiger partial charge in [-0.1, -0.05) is 0 Å². The van der Waals surface area contributed by atoms with E-state index in [4.69, 9.17) is 9.47 Å². The molecule has 140 valence electrons. The number of carbonyl (C=O) groups is 3. The summed E-state index contributed by atoms with van der Waals surface area (Å²) in [5, 5.41) is 12.2. The Hall–Kier alpha value is -2.61. The summed E-state index contributed by atoms with van der Waals surface area (Å²) < 4.78 is 10.3. The molecule has 0 amide bonds. The quantitative estimate of drug-likeness (QED) is 0.733. The highest BCUT2D eigenvalue weighted by atomic mass is 32.1. The highest BCUT2D eigenvalue weighted by molar-refractivity contribution is 7.14. The topological polar surface area (TPSA) is 102 Å². The third kappa shape index (κ3) is 3.80. The molecule has 2 heterocycles. The van der Waals surface area contributed by atoms with Crippen molar-refractivity contribution in [3.8, 4) is 0 Å². The molecule has 1 aliphatic heterocycles. The van der Waals surface area contributed by atoms with Crippen molar-refractivity contribution in [1.82, 2.24) is 5.32 Å². The van der Waals surface area contributed by atoms with Gasteiger partial charge < -0.3 is 19.9 Å². The molecule has 8 heteroatoms. The number of ether oxygens (including phenoxy) is 2. The molecule has 1 aliphatic rings. The van der Waals surface area contributed by atoms with Gasteiger partial charge in [-0.3, -0.25) is 0 Å². The number of hydrogen-bond acceptors (Lipinski definition) is 7. The molecular formula is C18H21NO6S. The van der Waals surface area contributed by atoms with Crippen LogP contribution in [-0.4, -0.2) is 36.2 Å². The van der Waals surface area contributed by atoms with Gasteiger partial charge in [0.05, 0.1) is 30.3 Å². The predicted molar refractivity (Wildman–Crippen MR) is 95.8 cm³/mol. The molecule has 1 aromatic heterocycles. The van der Waals surface area contributed by atoms with Crippen LogP contribution in [0.25, 0.3) is 0 Å². The van der Waals surface area contributed by atoms with Crippen molar-refractivity contribution in [2.45, 2.75) is 33.6 Å². The van der Waals surface area contributed by atoms with Crippen molar-refractivity contribution in [2.75, 3.05) is 13.2 Å². The van der Waals surface area contributed by atoms with Gasteiger partial charge in [0, 0.05) is 16.3 Å². The summed E-state index contributed by atoms with van der Waals surface area (Å²) in [6.07, 6.45) is 0. The zero-order valence-corrected chi connectivity index (χ0v) is 15.9. The summed E-state index contributed by atoms with van der Waals surface area (Å²) in [6.45, 7) is 7.20. The second-order valence-electron chi connectivity index (χ2n) is 5.58. The zero-order chi connectivity index (χ0) is 19.4. The zero-order valence-electron chi connectivity index (χ0n) is 15.0. The van der Waals surface area contributed by atoms with Gasteiger partial charge in [-0.25, -0.2) is 14.4 Å². The lowest BCUT2D eigenvalue weighted by atomic mass is 9.84. The van der Waals surface area contributed by atoms with E-state index in [1.165, 1.54) is 6.07 Å². The van der Waals surface area contributed by atoms with E-state index < -0.39 is 23.8 Å². The minimum atomic E-state index is -1.06. The number of esters is 2. The lowest BCUT2D eigenvalue weighted by Crippen LogP contribution is -2.32. The molecule has 0 saturated carbocycles. The lowest BCUT2D eigenvalue weighted by Gasteiger charge is -2.29. The molecule has 0 spiro atoms. The summed E-state index contributed by atoms with van der Waals surface area (Å²) in [5.74, 6) is -2.91. The largest absolute Gasteiger partial charge is 0.477 e. The number of dihydropyridines is 1. The second-order valence-corrected chi connectivity index (χ2v) is 6.70. The average Bonchev–Trinajstić information content (AvgIpc) is 3.04. The van der Waals surface area contributed by atoms with Crippen molar-refractivity contribution in [1.29, 1.82) is 0 Å². The minimum Gasteiger partial charge on any atom is -0.477 e. The van der Waals surface area contributed by atoms with Crippen LogP contribution in [0.15, 0.2) is 34.7 Å². The van der Waals surface area contributed by atoms with E-state index in [0.29, 0.717) is 16.3 Å². The number of thiophene rings is 1. The van der Waals surface area contributed by atoms with Crippen molar-refractivity contribution in [3.05, 3.63) is 44.4 Å². The number of rotatable bonds is 6. The number of hydrogen-bond donors (Lipinski definition) is 2. The van der Waals surface area contributed by atoms with Gasteiger partial charge >= 0.3 is 17.9 Å². The maximum absolute atomic E-state index is 12.6. The molecule has 0 aromatic carbocycles. The number of aromatic carboxylic acids is 1. The van der Waals surface area contributed by atoms with Crippen LogP contribution in [0.2, 0.25) is 0 Å². The molecule has 0 aliphatic carbocycles. The maximum atomic E-state index is 12.6. The Morgan fingerprint density at radius 2 is 1.54 bits per heavy atom. The average molecular weight is 379 g/mol. The standard InChI is InChI=1S/C18H21NO6S/c1-5-24-17(22)13-9(3)19-10(4)14(18(23)25-6-2)15(13)11-7-8-12(26-11)16(20)21/h7-8,15,19H,5-6H2,1-4H3,(H,20,21). The van der Waals surface area contributed by atoms with E-state index in [2.05, 4.69) is 5.32 Å². The Balaban J connectivity index is 2.62. The third-order valence-corrected chi connectivity index (χ3v) is 5.01. The summed E-state index contributed by atoms with van der Waals surface area (Å²) in [4.78, 5) is 37.1. The number of nitrogens with one attached hydrogen (secondary N) is 1. The first-order chi connectivity index (χ1) is 12.3. The van der Waals surface area contributed by atoms with Crippen LogP contribution in [0.3, 0.4) is 0 Å². The van der Waals surface area contributed by atoms with Crippen molar-refractivity contribution < 1.29 is 29.0 Å². The number of allylic oxidation sites excluding steroid dienone is 2. The highest BCUT2D eigenvalue weighted by Crippen LogP contribution is 2.41. The van der Waals surface area contributed by atoms with E-state index in [-0.39, 0.29) is 29.2 Å². The van der Waals surface area contributed by atoms with Crippen molar-refractivity contribution in [2.24, 2.45) is 0 Å². The normalized spacial score (nSPS) is 14.9. The molecule has 26 heavy (non-hydrogen) atoms. The van der Waals surface area contributed by atoms with Crippen LogP contribution in [0.1, 0.15) is 48.2 Å². The van der Waals surface area contributed by atoms with Crippen LogP contribution in [0, 0.1) is 0 Å². The summed E-state index contributed by atoms with van der Waals surface area (Å²) in [6, 6.07) is 3.07. The molecule has 0 fully saturated rings. The lowest BCUT2D eigenvalue weighted by molar-refractivity contribution is -0.139. The van der Waals surface area contributed by atoms with Gasteiger partial charge in [-0.05, 0) is 39.8 Å². The van der Waals surface area contributed by atoms with Crippen LogP contribution < -0.4 is 5.32 Å². The maximum Gasteiger partial charge on any atom is 0.345 e. The van der Waals surface area contributed by atoms with Gasteiger partial charge in [0.1, 0.15) is 4.88 Å². The van der Waals surface area contributed by atoms with E-state index in [0.717, 1.165) is 11.3 Å². The molecule has 0 atom stereocenters. The fraction of sp³-hybridized carbons (Fsp3) is 0.389. The molecular weight excluding hydrogens is 358 g/mol. The van der Waals surface area contributed by atoms with Crippen LogP contribution in [0.4, 0.5) is 0 Å². The fourth-order valence-electron chi connectivity index (χ4n) is 2.86. The predicted octanol–water partition coefficient (Wildman–Crippen LogP) is 2.81. The number of carboxylic acid groups (broad SMARTS) is 1. The van der Waals surface area contributed by atoms with E-state index in [1.807, 2.05) is 0 Å². The minimum absolute atomic E-state index is 0.125. The molecule has 2 N–H and O–H groups in total. The molecule has 2 rings (SSSR count). The first-order valence-electron chi connectivity index (χ1n) is 8.17. The van der Waals surface area contributed by atoms with Gasteiger partial charge in [0.2, 0.25) is 0 Å².